The number of carbonyl (C=O) groups excluding carboxylic acids is 2. The number of nitrogens with one attached hydrogen (secondary N) is 1. The van der Waals surface area contributed by atoms with Gasteiger partial charge in [-0.1, -0.05) is 41.4 Å². The number of rotatable bonds is 12. The second kappa shape index (κ2) is 14.8. The lowest BCUT2D eigenvalue weighted by Gasteiger charge is -2.31. The molecular formula is C33H33Cl2FN4O6S. The third kappa shape index (κ3) is 8.50. The van der Waals surface area contributed by atoms with Gasteiger partial charge >= 0.3 is 0 Å². The van der Waals surface area contributed by atoms with E-state index in [1.807, 2.05) is 48.2 Å². The molecule has 1 aliphatic heterocycles. The maximum absolute atomic E-state index is 15.1. The van der Waals surface area contributed by atoms with Crippen molar-refractivity contribution in [3.63, 3.8) is 0 Å². The Bertz CT molecular complexity index is 1890. The lowest BCUT2D eigenvalue weighted by molar-refractivity contribution is -0.118. The first kappa shape index (κ1) is 34.4. The minimum atomic E-state index is -4.25. The number of anilines is 1. The van der Waals surface area contributed by atoms with E-state index >= 15 is 4.39 Å². The van der Waals surface area contributed by atoms with Crippen LogP contribution in [0.1, 0.15) is 46.3 Å². The van der Waals surface area contributed by atoms with Crippen molar-refractivity contribution in [2.24, 2.45) is 0 Å². The van der Waals surface area contributed by atoms with Crippen molar-refractivity contribution in [1.82, 2.24) is 15.1 Å². The highest BCUT2D eigenvalue weighted by atomic mass is 35.5. The van der Waals surface area contributed by atoms with Gasteiger partial charge in [-0.3, -0.25) is 18.8 Å². The van der Waals surface area contributed by atoms with E-state index in [9.17, 15) is 18.0 Å². The molecule has 1 aliphatic rings. The standard InChI is InChI=1S/C33H33Cl2FN4O6S/c1-21-27(34)8-3-10-31(21)46-14-5-11-32(41)40-13-4-7-25-24(6-2-9-30(25)40)23-18-38-39(19-23)20-26-28(35)16-22(17-29(26)36)33(42)37-12-15-47(43,44)45/h2-3,6,8-10,16-19H,4-5,7,11-15,20H2,1H3,(H,37,42)(H,43,44,45). The summed E-state index contributed by atoms with van der Waals surface area (Å²) < 4.78 is 53.0. The van der Waals surface area contributed by atoms with Crippen LogP contribution >= 0.6 is 23.2 Å². The maximum atomic E-state index is 15.1. The zero-order chi connectivity index (χ0) is 33.7. The van der Waals surface area contributed by atoms with Crippen molar-refractivity contribution in [2.45, 2.75) is 39.2 Å². The Labute approximate surface area is 282 Å². The van der Waals surface area contributed by atoms with Crippen LogP contribution in [0.25, 0.3) is 11.1 Å². The Balaban J connectivity index is 1.24. The number of aromatic nitrogens is 2. The molecule has 10 nitrogen and oxygen atoms in total. The number of hydrogen-bond donors (Lipinski definition) is 2. The molecule has 0 radical (unpaired) electrons. The number of halogens is 3. The first-order chi connectivity index (χ1) is 22.4. The smallest absolute Gasteiger partial charge is 0.266 e. The van der Waals surface area contributed by atoms with Gasteiger partial charge in [0, 0.05) is 63.7 Å². The minimum Gasteiger partial charge on any atom is -0.493 e. The number of benzene rings is 3. The fraction of sp³-hybridized carbons (Fsp3) is 0.303. The summed E-state index contributed by atoms with van der Waals surface area (Å²) in [5, 5.41) is 7.35. The quantitative estimate of drug-likeness (QED) is 0.135. The summed E-state index contributed by atoms with van der Waals surface area (Å²) in [5.74, 6) is -1.40. The van der Waals surface area contributed by atoms with Crippen molar-refractivity contribution >= 4 is 50.8 Å². The Hall–Kier alpha value is -3.97. The lowest BCUT2D eigenvalue weighted by Crippen LogP contribution is -2.35. The molecule has 2 heterocycles. The molecule has 1 aromatic heterocycles. The van der Waals surface area contributed by atoms with Gasteiger partial charge in [0.1, 0.15) is 11.6 Å². The van der Waals surface area contributed by atoms with E-state index in [0.29, 0.717) is 36.8 Å². The third-order valence-corrected chi connectivity index (χ3v) is 9.34. The molecular weight excluding hydrogens is 670 g/mol. The molecule has 0 fully saturated rings. The molecule has 0 bridgehead atoms. The molecule has 2 amide bonds. The average molecular weight is 704 g/mol. The first-order valence-corrected chi connectivity index (χ1v) is 17.3. The summed E-state index contributed by atoms with van der Waals surface area (Å²) in [5.41, 5.74) is 4.51. The highest BCUT2D eigenvalue weighted by molar-refractivity contribution is 7.85. The molecule has 3 aromatic carbocycles. The monoisotopic (exact) mass is 702 g/mol. The second-order valence-electron chi connectivity index (χ2n) is 11.2. The van der Waals surface area contributed by atoms with Crippen LogP contribution < -0.4 is 15.0 Å². The van der Waals surface area contributed by atoms with Crippen LogP contribution in [0.2, 0.25) is 10.0 Å². The van der Waals surface area contributed by atoms with Crippen LogP contribution in [-0.4, -0.2) is 60.0 Å². The third-order valence-electron chi connectivity index (χ3n) is 7.88. The molecule has 47 heavy (non-hydrogen) atoms. The van der Waals surface area contributed by atoms with E-state index in [0.717, 1.165) is 46.8 Å². The SMILES string of the molecule is Cc1c(Cl)cccc1OCCCC(=O)N1CCCc2c(-c3cnn(Cc4c(F)cc(C(=O)NCCS(=O)(=O)O)cc4Cl)c3)cccc21. The normalized spacial score (nSPS) is 12.9. The molecule has 0 aliphatic carbocycles. The van der Waals surface area contributed by atoms with Gasteiger partial charge in [0.25, 0.3) is 16.0 Å². The zero-order valence-corrected chi connectivity index (χ0v) is 27.8. The number of ether oxygens (including phenoxy) is 1. The van der Waals surface area contributed by atoms with Crippen LogP contribution in [0.4, 0.5) is 10.1 Å². The predicted molar refractivity (Wildman–Crippen MR) is 179 cm³/mol. The Morgan fingerprint density at radius 3 is 2.68 bits per heavy atom. The number of carbonyl (C=O) groups is 2. The highest BCUT2D eigenvalue weighted by Gasteiger charge is 2.25. The predicted octanol–water partition coefficient (Wildman–Crippen LogP) is 6.11. The van der Waals surface area contributed by atoms with Crippen LogP contribution in [0.3, 0.4) is 0 Å². The van der Waals surface area contributed by atoms with Crippen LogP contribution in [-0.2, 0) is 27.9 Å². The summed E-state index contributed by atoms with van der Waals surface area (Å²) >= 11 is 12.5. The molecule has 0 spiro atoms. The Kier molecular flexibility index (Phi) is 10.9. The van der Waals surface area contributed by atoms with Crippen molar-refractivity contribution in [3.05, 3.63) is 99.0 Å². The van der Waals surface area contributed by atoms with Gasteiger partial charge in [0.2, 0.25) is 5.91 Å². The molecule has 0 saturated heterocycles. The topological polar surface area (TPSA) is 131 Å². The molecule has 4 aromatic rings. The van der Waals surface area contributed by atoms with E-state index in [2.05, 4.69) is 10.4 Å². The Morgan fingerprint density at radius 1 is 1.13 bits per heavy atom. The maximum Gasteiger partial charge on any atom is 0.266 e. The van der Waals surface area contributed by atoms with Gasteiger partial charge < -0.3 is 15.0 Å². The minimum absolute atomic E-state index is 0.00123. The van der Waals surface area contributed by atoms with Crippen LogP contribution in [0, 0.1) is 12.7 Å². The van der Waals surface area contributed by atoms with Crippen molar-refractivity contribution < 1.29 is 31.7 Å². The van der Waals surface area contributed by atoms with Crippen LogP contribution in [0.15, 0.2) is 60.9 Å². The molecule has 0 atom stereocenters. The number of amides is 2. The first-order valence-electron chi connectivity index (χ1n) is 15.0. The van der Waals surface area contributed by atoms with Gasteiger partial charge in [-0.25, -0.2) is 4.39 Å². The van der Waals surface area contributed by atoms with Gasteiger partial charge in [0.15, 0.2) is 0 Å². The fourth-order valence-corrected chi connectivity index (χ4v) is 6.26. The summed E-state index contributed by atoms with van der Waals surface area (Å²) in [6.45, 7) is 2.55. The van der Waals surface area contributed by atoms with Crippen molar-refractivity contribution in [1.29, 1.82) is 0 Å². The number of nitrogens with zero attached hydrogens (tertiary/aromatic N) is 3. The van der Waals surface area contributed by atoms with Crippen molar-refractivity contribution in [2.75, 3.05) is 30.3 Å². The number of fused-ring (bicyclic) bond motifs is 1. The fourth-order valence-electron chi connectivity index (χ4n) is 5.47. The van der Waals surface area contributed by atoms with Crippen LogP contribution in [0.5, 0.6) is 5.75 Å². The zero-order valence-electron chi connectivity index (χ0n) is 25.5. The average Bonchev–Trinajstić information content (AvgIpc) is 3.50. The van der Waals surface area contributed by atoms with Gasteiger partial charge in [-0.15, -0.1) is 0 Å². The van der Waals surface area contributed by atoms with Gasteiger partial charge in [0.05, 0.1) is 25.1 Å². The van der Waals surface area contributed by atoms with E-state index in [-0.39, 0.29) is 35.1 Å². The summed E-state index contributed by atoms with van der Waals surface area (Å²) in [6, 6.07) is 13.6. The second-order valence-corrected chi connectivity index (χ2v) is 13.5. The molecule has 14 heteroatoms. The lowest BCUT2D eigenvalue weighted by atomic mass is 9.93. The van der Waals surface area contributed by atoms with E-state index in [1.165, 1.54) is 10.7 Å². The summed E-state index contributed by atoms with van der Waals surface area (Å²) in [6.07, 6.45) is 5.93. The molecule has 0 saturated carbocycles. The summed E-state index contributed by atoms with van der Waals surface area (Å²) in [4.78, 5) is 27.4. The van der Waals surface area contributed by atoms with E-state index in [1.54, 1.807) is 12.4 Å². The number of hydrogen-bond acceptors (Lipinski definition) is 6. The van der Waals surface area contributed by atoms with Gasteiger partial charge in [-0.05, 0) is 67.6 Å². The van der Waals surface area contributed by atoms with Crippen molar-refractivity contribution in [3.8, 4) is 16.9 Å². The van der Waals surface area contributed by atoms with E-state index < -0.39 is 27.6 Å². The van der Waals surface area contributed by atoms with E-state index in [4.69, 9.17) is 32.5 Å². The molecule has 248 valence electrons. The molecule has 5 rings (SSSR count). The molecule has 2 N–H and O–H groups in total. The molecule has 0 unspecified atom stereocenters. The largest absolute Gasteiger partial charge is 0.493 e. The highest BCUT2D eigenvalue weighted by Crippen LogP contribution is 2.36. The summed E-state index contributed by atoms with van der Waals surface area (Å²) in [7, 11) is -4.25. The van der Waals surface area contributed by atoms with Gasteiger partial charge in [-0.2, -0.15) is 13.5 Å². The Morgan fingerprint density at radius 2 is 1.91 bits per heavy atom.